The van der Waals surface area contributed by atoms with Gasteiger partial charge in [0.2, 0.25) is 0 Å². The standard InChI is InChI=1S/C20H29NO5/c1-24-16-8-4-14(5-9-16)18-12-21(13-20(18,26-3)19(22)23)15-6-10-17(25-2)11-7-15/h4-5,8-9,15,17-18H,6-7,10-13H2,1-3H3,(H,22,23)/t15?,17?,18-,20-/m0/s1. The van der Waals surface area contributed by atoms with Gasteiger partial charge in [0.15, 0.2) is 5.60 Å². The van der Waals surface area contributed by atoms with E-state index in [0.29, 0.717) is 25.2 Å². The zero-order valence-corrected chi connectivity index (χ0v) is 15.8. The van der Waals surface area contributed by atoms with E-state index in [9.17, 15) is 9.90 Å². The highest BCUT2D eigenvalue weighted by molar-refractivity contribution is 5.80. The second kappa shape index (κ2) is 7.94. The summed E-state index contributed by atoms with van der Waals surface area (Å²) < 4.78 is 16.3. The van der Waals surface area contributed by atoms with Crippen LogP contribution in [0.15, 0.2) is 24.3 Å². The molecule has 26 heavy (non-hydrogen) atoms. The number of hydrogen-bond donors (Lipinski definition) is 1. The average Bonchev–Trinajstić information content (AvgIpc) is 3.09. The Morgan fingerprint density at radius 2 is 1.77 bits per heavy atom. The Hall–Kier alpha value is -1.63. The summed E-state index contributed by atoms with van der Waals surface area (Å²) in [6.07, 6.45) is 4.45. The SMILES string of the molecule is COc1ccc([C@@H]2CN(C3CCC(OC)CC3)C[C@@]2(OC)C(=O)O)cc1. The van der Waals surface area contributed by atoms with Gasteiger partial charge in [-0.05, 0) is 43.4 Å². The van der Waals surface area contributed by atoms with Crippen LogP contribution in [0.5, 0.6) is 5.75 Å². The maximum atomic E-state index is 12.2. The third-order valence-corrected chi connectivity index (χ3v) is 6.16. The summed E-state index contributed by atoms with van der Waals surface area (Å²) in [5.41, 5.74) is -0.240. The second-order valence-electron chi connectivity index (χ2n) is 7.32. The maximum Gasteiger partial charge on any atom is 0.338 e. The molecular weight excluding hydrogens is 334 g/mol. The second-order valence-corrected chi connectivity index (χ2v) is 7.32. The fourth-order valence-electron chi connectivity index (χ4n) is 4.50. The minimum Gasteiger partial charge on any atom is -0.497 e. The molecule has 2 aliphatic rings. The van der Waals surface area contributed by atoms with Crippen molar-refractivity contribution in [1.82, 2.24) is 4.90 Å². The van der Waals surface area contributed by atoms with Crippen LogP contribution < -0.4 is 4.74 Å². The number of nitrogens with zero attached hydrogens (tertiary/aromatic N) is 1. The first kappa shape index (κ1) is 19.1. The molecule has 0 aromatic heterocycles. The number of hydrogen-bond acceptors (Lipinski definition) is 5. The van der Waals surface area contributed by atoms with Gasteiger partial charge in [0.25, 0.3) is 0 Å². The first-order valence-electron chi connectivity index (χ1n) is 9.23. The summed E-state index contributed by atoms with van der Waals surface area (Å²) in [5, 5.41) is 10.00. The van der Waals surface area contributed by atoms with Gasteiger partial charge in [-0.15, -0.1) is 0 Å². The highest BCUT2D eigenvalue weighted by Crippen LogP contribution is 2.42. The Morgan fingerprint density at radius 1 is 1.12 bits per heavy atom. The number of methoxy groups -OCH3 is 3. The summed E-state index contributed by atoms with van der Waals surface area (Å²) in [7, 11) is 4.90. The average molecular weight is 363 g/mol. The fourth-order valence-corrected chi connectivity index (χ4v) is 4.50. The van der Waals surface area contributed by atoms with Crippen LogP contribution in [-0.2, 0) is 14.3 Å². The van der Waals surface area contributed by atoms with Gasteiger partial charge in [0, 0.05) is 39.3 Å². The van der Waals surface area contributed by atoms with Crippen molar-refractivity contribution < 1.29 is 24.1 Å². The molecule has 1 aromatic rings. The summed E-state index contributed by atoms with van der Waals surface area (Å²) in [6.45, 7) is 1.10. The number of carboxylic acid groups (broad SMARTS) is 1. The Balaban J connectivity index is 1.83. The lowest BCUT2D eigenvalue weighted by Crippen LogP contribution is -2.48. The van der Waals surface area contributed by atoms with Gasteiger partial charge in [-0.25, -0.2) is 4.79 Å². The zero-order valence-electron chi connectivity index (χ0n) is 15.8. The number of aliphatic carboxylic acids is 1. The van der Waals surface area contributed by atoms with Crippen molar-refractivity contribution in [2.45, 2.75) is 49.3 Å². The van der Waals surface area contributed by atoms with Crippen LogP contribution in [0.3, 0.4) is 0 Å². The van der Waals surface area contributed by atoms with Crippen molar-refractivity contribution in [2.24, 2.45) is 0 Å². The van der Waals surface area contributed by atoms with E-state index in [1.54, 1.807) is 14.2 Å². The normalized spacial score (nSPS) is 32.5. The molecule has 1 saturated carbocycles. The largest absolute Gasteiger partial charge is 0.497 e. The molecule has 6 heteroatoms. The van der Waals surface area contributed by atoms with E-state index in [1.807, 2.05) is 24.3 Å². The highest BCUT2D eigenvalue weighted by Gasteiger charge is 2.55. The van der Waals surface area contributed by atoms with Crippen molar-refractivity contribution in [3.63, 3.8) is 0 Å². The van der Waals surface area contributed by atoms with E-state index in [4.69, 9.17) is 14.2 Å². The molecule has 0 radical (unpaired) electrons. The topological polar surface area (TPSA) is 68.2 Å². The Labute approximate surface area is 155 Å². The molecule has 0 amide bonds. The number of carbonyl (C=O) groups is 1. The van der Waals surface area contributed by atoms with Gasteiger partial charge in [0.1, 0.15) is 5.75 Å². The predicted octanol–water partition coefficient (Wildman–Crippen LogP) is 2.52. The molecule has 0 bridgehead atoms. The van der Waals surface area contributed by atoms with Crippen LogP contribution in [0.4, 0.5) is 0 Å². The van der Waals surface area contributed by atoms with Crippen LogP contribution in [0.2, 0.25) is 0 Å². The van der Waals surface area contributed by atoms with E-state index in [1.165, 1.54) is 7.11 Å². The smallest absolute Gasteiger partial charge is 0.338 e. The van der Waals surface area contributed by atoms with Gasteiger partial charge in [-0.3, -0.25) is 4.90 Å². The van der Waals surface area contributed by atoms with E-state index in [-0.39, 0.29) is 5.92 Å². The van der Waals surface area contributed by atoms with Crippen molar-refractivity contribution in [3.05, 3.63) is 29.8 Å². The van der Waals surface area contributed by atoms with E-state index < -0.39 is 11.6 Å². The minimum atomic E-state index is -1.22. The van der Waals surface area contributed by atoms with Gasteiger partial charge < -0.3 is 19.3 Å². The van der Waals surface area contributed by atoms with Crippen LogP contribution in [-0.4, -0.2) is 68.1 Å². The molecule has 2 atom stereocenters. The van der Waals surface area contributed by atoms with Gasteiger partial charge >= 0.3 is 5.97 Å². The molecule has 0 spiro atoms. The number of likely N-dealkylation sites (tertiary alicyclic amines) is 1. The summed E-state index contributed by atoms with van der Waals surface area (Å²) in [6, 6.07) is 8.05. The van der Waals surface area contributed by atoms with E-state index in [0.717, 1.165) is 37.0 Å². The molecule has 3 rings (SSSR count). The summed E-state index contributed by atoms with van der Waals surface area (Å²) in [5.74, 6) is -0.343. The quantitative estimate of drug-likeness (QED) is 0.838. The Kier molecular flexibility index (Phi) is 5.85. The number of rotatable bonds is 6. The van der Waals surface area contributed by atoms with Crippen LogP contribution >= 0.6 is 0 Å². The van der Waals surface area contributed by atoms with Gasteiger partial charge in [-0.2, -0.15) is 0 Å². The predicted molar refractivity (Wildman–Crippen MR) is 97.7 cm³/mol. The molecule has 1 aromatic carbocycles. The Morgan fingerprint density at radius 3 is 2.27 bits per heavy atom. The van der Waals surface area contributed by atoms with Crippen molar-refractivity contribution in [1.29, 1.82) is 0 Å². The fraction of sp³-hybridized carbons (Fsp3) is 0.650. The molecule has 1 N–H and O–H groups in total. The van der Waals surface area contributed by atoms with Crippen LogP contribution in [0.1, 0.15) is 37.2 Å². The third-order valence-electron chi connectivity index (χ3n) is 6.16. The number of benzene rings is 1. The van der Waals surface area contributed by atoms with Crippen molar-refractivity contribution in [3.8, 4) is 5.75 Å². The zero-order chi connectivity index (χ0) is 18.7. The molecule has 1 saturated heterocycles. The van der Waals surface area contributed by atoms with E-state index >= 15 is 0 Å². The first-order chi connectivity index (χ1) is 12.5. The highest BCUT2D eigenvalue weighted by atomic mass is 16.5. The van der Waals surface area contributed by atoms with Gasteiger partial charge in [-0.1, -0.05) is 12.1 Å². The number of carboxylic acids is 1. The molecule has 144 valence electrons. The minimum absolute atomic E-state index is 0.212. The summed E-state index contributed by atoms with van der Waals surface area (Å²) >= 11 is 0. The molecule has 2 fully saturated rings. The monoisotopic (exact) mass is 363 g/mol. The molecule has 6 nitrogen and oxygen atoms in total. The van der Waals surface area contributed by atoms with Crippen LogP contribution in [0, 0.1) is 0 Å². The molecule has 1 aliphatic carbocycles. The lowest BCUT2D eigenvalue weighted by molar-refractivity contribution is -0.162. The lowest BCUT2D eigenvalue weighted by Gasteiger charge is -2.34. The Bertz CT molecular complexity index is 611. The number of ether oxygens (including phenoxy) is 3. The molecule has 1 aliphatic heterocycles. The lowest BCUT2D eigenvalue weighted by atomic mass is 9.84. The first-order valence-corrected chi connectivity index (χ1v) is 9.23. The van der Waals surface area contributed by atoms with Crippen molar-refractivity contribution >= 4 is 5.97 Å². The van der Waals surface area contributed by atoms with Crippen LogP contribution in [0.25, 0.3) is 0 Å². The van der Waals surface area contributed by atoms with Gasteiger partial charge in [0.05, 0.1) is 13.2 Å². The molecule has 1 heterocycles. The maximum absolute atomic E-state index is 12.2. The molecule has 0 unspecified atom stereocenters. The molecular formula is C20H29NO5. The van der Waals surface area contributed by atoms with E-state index in [2.05, 4.69) is 4.90 Å². The van der Waals surface area contributed by atoms with Crippen molar-refractivity contribution in [2.75, 3.05) is 34.4 Å². The summed E-state index contributed by atoms with van der Waals surface area (Å²) in [4.78, 5) is 14.5. The third kappa shape index (κ3) is 3.46.